The van der Waals surface area contributed by atoms with Crippen LogP contribution in [0.5, 0.6) is 0 Å². The van der Waals surface area contributed by atoms with E-state index in [1.807, 2.05) is 7.05 Å². The number of rotatable bonds is 3. The number of carbonyl (C=O) groups is 1. The second-order valence-corrected chi connectivity index (χ2v) is 4.44. The number of nitrogens with two attached hydrogens (primary N) is 1. The third kappa shape index (κ3) is 3.70. The van der Waals surface area contributed by atoms with E-state index in [2.05, 4.69) is 15.2 Å². The molecule has 0 radical (unpaired) electrons. The van der Waals surface area contributed by atoms with Crippen molar-refractivity contribution >= 4 is 47.2 Å². The molecule has 1 amide bonds. The summed E-state index contributed by atoms with van der Waals surface area (Å²) < 4.78 is 0. The first-order chi connectivity index (χ1) is 7.20. The van der Waals surface area contributed by atoms with Crippen molar-refractivity contribution in [2.24, 2.45) is 5.73 Å². The molecule has 0 spiro atoms. The molecule has 2 rings (SSSR count). The fraction of sp³-hybridized carbons (Fsp3) is 0.556. The standard InChI is InChI=1S/C9H14N4OS.2ClH/c1-11-6-2-3-13(4-6)9-12-7(5-15-9)8(10)14;;/h5-6,11H,2-4H2,1H3,(H2,10,14);2*1H. The number of carbonyl (C=O) groups excluding carboxylic acids is 1. The van der Waals surface area contributed by atoms with Gasteiger partial charge < -0.3 is 16.0 Å². The summed E-state index contributed by atoms with van der Waals surface area (Å²) in [5, 5.41) is 5.84. The van der Waals surface area contributed by atoms with Gasteiger partial charge in [0.05, 0.1) is 0 Å². The summed E-state index contributed by atoms with van der Waals surface area (Å²) in [5.74, 6) is -0.457. The Morgan fingerprint density at radius 1 is 1.65 bits per heavy atom. The minimum atomic E-state index is -0.457. The second kappa shape index (κ2) is 7.00. The molecule has 0 bridgehead atoms. The van der Waals surface area contributed by atoms with Gasteiger partial charge in [-0.05, 0) is 13.5 Å². The number of hydrogen-bond donors (Lipinski definition) is 2. The highest BCUT2D eigenvalue weighted by Crippen LogP contribution is 2.24. The molecule has 5 nitrogen and oxygen atoms in total. The monoisotopic (exact) mass is 298 g/mol. The summed E-state index contributed by atoms with van der Waals surface area (Å²) in [7, 11) is 1.96. The van der Waals surface area contributed by atoms with Crippen molar-refractivity contribution in [2.75, 3.05) is 25.0 Å². The molecule has 1 fully saturated rings. The third-order valence-electron chi connectivity index (χ3n) is 2.61. The minimum Gasteiger partial charge on any atom is -0.364 e. The maximum absolute atomic E-state index is 10.9. The van der Waals surface area contributed by atoms with Crippen molar-refractivity contribution in [1.29, 1.82) is 0 Å². The number of hydrogen-bond acceptors (Lipinski definition) is 5. The topological polar surface area (TPSA) is 71.2 Å². The first-order valence-corrected chi connectivity index (χ1v) is 5.76. The van der Waals surface area contributed by atoms with Gasteiger partial charge in [0, 0.05) is 24.5 Å². The predicted octanol–water partition coefficient (Wildman–Crippen LogP) is 0.884. The van der Waals surface area contributed by atoms with Gasteiger partial charge in [0.1, 0.15) is 5.69 Å². The predicted molar refractivity (Wildman–Crippen MR) is 74.8 cm³/mol. The third-order valence-corrected chi connectivity index (χ3v) is 3.51. The molecule has 1 aliphatic rings. The largest absolute Gasteiger partial charge is 0.364 e. The van der Waals surface area contributed by atoms with Crippen LogP contribution >= 0.6 is 36.2 Å². The van der Waals surface area contributed by atoms with Gasteiger partial charge in [0.25, 0.3) is 5.91 Å². The number of anilines is 1. The van der Waals surface area contributed by atoms with Gasteiger partial charge in [-0.25, -0.2) is 4.98 Å². The number of nitrogens with zero attached hydrogens (tertiary/aromatic N) is 2. The Morgan fingerprint density at radius 3 is 2.82 bits per heavy atom. The van der Waals surface area contributed by atoms with Gasteiger partial charge in [-0.2, -0.15) is 0 Å². The van der Waals surface area contributed by atoms with E-state index in [4.69, 9.17) is 5.73 Å². The van der Waals surface area contributed by atoms with E-state index in [9.17, 15) is 4.79 Å². The van der Waals surface area contributed by atoms with Crippen LogP contribution in [0.25, 0.3) is 0 Å². The van der Waals surface area contributed by atoms with E-state index in [0.29, 0.717) is 11.7 Å². The second-order valence-electron chi connectivity index (χ2n) is 3.60. The zero-order valence-corrected chi connectivity index (χ0v) is 11.8. The lowest BCUT2D eigenvalue weighted by molar-refractivity contribution is 0.0996. The SMILES string of the molecule is CNC1CCN(c2nc(C(N)=O)cs2)C1.Cl.Cl. The number of thiazole rings is 1. The molecule has 0 aromatic carbocycles. The van der Waals surface area contributed by atoms with Crippen LogP contribution in [0.4, 0.5) is 5.13 Å². The summed E-state index contributed by atoms with van der Waals surface area (Å²) in [4.78, 5) is 17.3. The van der Waals surface area contributed by atoms with Crippen LogP contribution < -0.4 is 16.0 Å². The van der Waals surface area contributed by atoms with Crippen molar-refractivity contribution in [2.45, 2.75) is 12.5 Å². The summed E-state index contributed by atoms with van der Waals surface area (Å²) >= 11 is 1.47. The van der Waals surface area contributed by atoms with Gasteiger partial charge in [-0.3, -0.25) is 4.79 Å². The molecular weight excluding hydrogens is 283 g/mol. The number of likely N-dealkylation sites (N-methyl/N-ethyl adjacent to an activating group) is 1. The maximum Gasteiger partial charge on any atom is 0.268 e. The quantitative estimate of drug-likeness (QED) is 0.869. The minimum absolute atomic E-state index is 0. The molecular formula is C9H16Cl2N4OS. The van der Waals surface area contributed by atoms with Gasteiger partial charge in [-0.1, -0.05) is 0 Å². The molecule has 2 heterocycles. The highest BCUT2D eigenvalue weighted by atomic mass is 35.5. The Balaban J connectivity index is 0.00000128. The van der Waals surface area contributed by atoms with E-state index in [0.717, 1.165) is 24.6 Å². The number of halogens is 2. The average Bonchev–Trinajstić information content (AvgIpc) is 2.86. The maximum atomic E-state index is 10.9. The van der Waals surface area contributed by atoms with Crippen molar-refractivity contribution in [1.82, 2.24) is 10.3 Å². The van der Waals surface area contributed by atoms with E-state index >= 15 is 0 Å². The zero-order valence-electron chi connectivity index (χ0n) is 9.38. The Kier molecular flexibility index (Phi) is 6.77. The van der Waals surface area contributed by atoms with Crippen LogP contribution in [0.2, 0.25) is 0 Å². The lowest BCUT2D eigenvalue weighted by Gasteiger charge is -2.14. The van der Waals surface area contributed by atoms with Crippen LogP contribution in [0.3, 0.4) is 0 Å². The lowest BCUT2D eigenvalue weighted by atomic mass is 10.3. The van der Waals surface area contributed by atoms with Gasteiger partial charge in [-0.15, -0.1) is 36.2 Å². The van der Waals surface area contributed by atoms with Crippen molar-refractivity contribution in [3.05, 3.63) is 11.1 Å². The van der Waals surface area contributed by atoms with Crippen LogP contribution in [0.1, 0.15) is 16.9 Å². The number of nitrogens with one attached hydrogen (secondary N) is 1. The van der Waals surface area contributed by atoms with E-state index in [1.165, 1.54) is 11.3 Å². The molecule has 0 aliphatic carbocycles. The van der Waals surface area contributed by atoms with Crippen molar-refractivity contribution in [3.8, 4) is 0 Å². The van der Waals surface area contributed by atoms with Crippen molar-refractivity contribution < 1.29 is 4.79 Å². The van der Waals surface area contributed by atoms with Gasteiger partial charge >= 0.3 is 0 Å². The summed E-state index contributed by atoms with van der Waals surface area (Å²) in [6.45, 7) is 1.93. The smallest absolute Gasteiger partial charge is 0.268 e. The first kappa shape index (κ1) is 16.4. The van der Waals surface area contributed by atoms with E-state index in [-0.39, 0.29) is 24.8 Å². The molecule has 1 aromatic heterocycles. The van der Waals surface area contributed by atoms with Crippen LogP contribution in [0, 0.1) is 0 Å². The highest BCUT2D eigenvalue weighted by molar-refractivity contribution is 7.13. The fourth-order valence-electron chi connectivity index (χ4n) is 1.69. The normalized spacial score (nSPS) is 18.4. The molecule has 3 N–H and O–H groups in total. The Morgan fingerprint density at radius 2 is 2.35 bits per heavy atom. The number of primary amides is 1. The van der Waals surface area contributed by atoms with Gasteiger partial charge in [0.2, 0.25) is 0 Å². The Bertz CT molecular complexity index is 374. The molecule has 8 heteroatoms. The van der Waals surface area contributed by atoms with Crippen LogP contribution in [0.15, 0.2) is 5.38 Å². The highest BCUT2D eigenvalue weighted by Gasteiger charge is 2.23. The molecule has 1 atom stereocenters. The van der Waals surface area contributed by atoms with E-state index < -0.39 is 5.91 Å². The van der Waals surface area contributed by atoms with Gasteiger partial charge in [0.15, 0.2) is 5.13 Å². The summed E-state index contributed by atoms with van der Waals surface area (Å²) in [6.07, 6.45) is 1.11. The molecule has 1 aromatic rings. The lowest BCUT2D eigenvalue weighted by Crippen LogP contribution is -2.29. The molecule has 17 heavy (non-hydrogen) atoms. The Labute approximate surface area is 117 Å². The molecule has 0 saturated carbocycles. The first-order valence-electron chi connectivity index (χ1n) is 4.88. The summed E-state index contributed by atoms with van der Waals surface area (Å²) in [6, 6.07) is 0.519. The zero-order chi connectivity index (χ0) is 10.8. The molecule has 1 unspecified atom stereocenters. The van der Waals surface area contributed by atoms with Crippen molar-refractivity contribution in [3.63, 3.8) is 0 Å². The van der Waals surface area contributed by atoms with E-state index in [1.54, 1.807) is 5.38 Å². The van der Waals surface area contributed by atoms with Crippen LogP contribution in [-0.4, -0.2) is 37.1 Å². The molecule has 1 saturated heterocycles. The fourth-order valence-corrected chi connectivity index (χ4v) is 2.54. The molecule has 1 aliphatic heterocycles. The number of amides is 1. The molecule has 98 valence electrons. The number of aromatic nitrogens is 1. The summed E-state index contributed by atoms with van der Waals surface area (Å²) in [5.41, 5.74) is 5.52. The Hall–Kier alpha value is -0.560. The van der Waals surface area contributed by atoms with Crippen LogP contribution in [-0.2, 0) is 0 Å². The average molecular weight is 299 g/mol.